The minimum atomic E-state index is -1.08. The Morgan fingerprint density at radius 3 is 2.57 bits per heavy atom. The quantitative estimate of drug-likeness (QED) is 0.886. The zero-order chi connectivity index (χ0) is 15.6. The number of rotatable bonds is 5. The first-order valence-electron chi connectivity index (χ1n) is 6.25. The second kappa shape index (κ2) is 6.05. The van der Waals surface area contributed by atoms with E-state index in [-0.39, 0.29) is 5.69 Å². The Balaban J connectivity index is 2.69. The van der Waals surface area contributed by atoms with Gasteiger partial charge in [0.25, 0.3) is 0 Å². The molecule has 0 unspecified atom stereocenters. The predicted molar refractivity (Wildman–Crippen MR) is 78.5 cm³/mol. The number of halogens is 1. The van der Waals surface area contributed by atoms with E-state index in [9.17, 15) is 4.79 Å². The van der Waals surface area contributed by atoms with Gasteiger partial charge in [-0.3, -0.25) is 5.10 Å². The van der Waals surface area contributed by atoms with Crippen LogP contribution < -0.4 is 9.47 Å². The number of aromatic carboxylic acids is 1. The van der Waals surface area contributed by atoms with Crippen LogP contribution in [0.4, 0.5) is 0 Å². The molecule has 0 atom stereocenters. The number of hydrogen-bond donors (Lipinski definition) is 2. The van der Waals surface area contributed by atoms with Gasteiger partial charge in [0.1, 0.15) is 5.69 Å². The molecule has 1 heterocycles. The summed E-state index contributed by atoms with van der Waals surface area (Å²) in [4.78, 5) is 11.0. The average molecular weight is 311 g/mol. The molecule has 0 spiro atoms. The molecule has 0 bridgehead atoms. The molecule has 21 heavy (non-hydrogen) atoms. The van der Waals surface area contributed by atoms with Crippen molar-refractivity contribution in [3.63, 3.8) is 0 Å². The highest BCUT2D eigenvalue weighted by Gasteiger charge is 2.21. The minimum Gasteiger partial charge on any atom is -0.493 e. The molecule has 0 saturated carbocycles. The van der Waals surface area contributed by atoms with Gasteiger partial charge in [0.15, 0.2) is 11.5 Å². The molecule has 2 N–H and O–H groups in total. The molecular weight excluding hydrogens is 296 g/mol. The van der Waals surface area contributed by atoms with Crippen LogP contribution in [0.3, 0.4) is 0 Å². The first-order valence-corrected chi connectivity index (χ1v) is 6.63. The highest BCUT2D eigenvalue weighted by molar-refractivity contribution is 6.33. The van der Waals surface area contributed by atoms with Gasteiger partial charge in [0, 0.05) is 17.2 Å². The fourth-order valence-corrected chi connectivity index (χ4v) is 2.52. The van der Waals surface area contributed by atoms with Crippen LogP contribution in [0, 0.1) is 0 Å². The van der Waals surface area contributed by atoms with Crippen LogP contribution in [0.5, 0.6) is 11.5 Å². The van der Waals surface area contributed by atoms with Crippen LogP contribution in [0.15, 0.2) is 12.1 Å². The maximum Gasteiger partial charge on any atom is 0.353 e. The summed E-state index contributed by atoms with van der Waals surface area (Å²) < 4.78 is 10.7. The van der Waals surface area contributed by atoms with Crippen LogP contribution in [0.25, 0.3) is 11.3 Å². The third kappa shape index (κ3) is 2.67. The number of benzene rings is 1. The second-order valence-corrected chi connectivity index (χ2v) is 4.68. The Bertz CT molecular complexity index is 682. The van der Waals surface area contributed by atoms with Crippen molar-refractivity contribution in [1.29, 1.82) is 0 Å². The lowest BCUT2D eigenvalue weighted by atomic mass is 10.00. The van der Waals surface area contributed by atoms with E-state index in [4.69, 9.17) is 26.2 Å². The number of carboxylic acid groups (broad SMARTS) is 1. The lowest BCUT2D eigenvalue weighted by Gasteiger charge is -2.16. The van der Waals surface area contributed by atoms with E-state index in [0.29, 0.717) is 34.2 Å². The fraction of sp³-hybridized carbons (Fsp3) is 0.286. The van der Waals surface area contributed by atoms with Crippen molar-refractivity contribution in [2.24, 2.45) is 0 Å². The fourth-order valence-electron chi connectivity index (χ4n) is 2.21. The predicted octanol–water partition coefficient (Wildman–Crippen LogP) is 3.01. The zero-order valence-electron chi connectivity index (χ0n) is 11.9. The number of aromatic amines is 1. The number of carboxylic acids is 1. The summed E-state index contributed by atoms with van der Waals surface area (Å²) in [6.45, 7) is 1.95. The monoisotopic (exact) mass is 310 g/mol. The van der Waals surface area contributed by atoms with Gasteiger partial charge in [0.2, 0.25) is 0 Å². The molecule has 0 fully saturated rings. The van der Waals surface area contributed by atoms with E-state index in [1.54, 1.807) is 13.2 Å². The molecule has 2 aromatic rings. The lowest BCUT2D eigenvalue weighted by Crippen LogP contribution is -1.99. The maximum atomic E-state index is 11.0. The van der Waals surface area contributed by atoms with E-state index in [1.165, 1.54) is 13.2 Å². The van der Waals surface area contributed by atoms with Gasteiger partial charge < -0.3 is 14.6 Å². The molecule has 1 aromatic heterocycles. The van der Waals surface area contributed by atoms with E-state index < -0.39 is 5.97 Å². The van der Waals surface area contributed by atoms with Gasteiger partial charge in [-0.05, 0) is 12.5 Å². The summed E-state index contributed by atoms with van der Waals surface area (Å²) in [5.74, 6) is 0.0137. The zero-order valence-corrected chi connectivity index (χ0v) is 12.6. The Hall–Kier alpha value is -2.21. The standard InChI is InChI=1S/C14H15ClN2O4/c1-4-7-12(9-6-10(14(18)19)17-16-9)8(15)5-11(20-2)13(7)21-3/h5-6H,4H2,1-3H3,(H,16,17)(H,18,19). The number of methoxy groups -OCH3 is 2. The van der Waals surface area contributed by atoms with Crippen LogP contribution in [-0.4, -0.2) is 35.5 Å². The molecule has 7 heteroatoms. The van der Waals surface area contributed by atoms with Gasteiger partial charge >= 0.3 is 5.97 Å². The van der Waals surface area contributed by atoms with Crippen molar-refractivity contribution >= 4 is 17.6 Å². The Kier molecular flexibility index (Phi) is 4.37. The normalized spacial score (nSPS) is 10.5. The van der Waals surface area contributed by atoms with E-state index >= 15 is 0 Å². The Labute approximate surface area is 126 Å². The summed E-state index contributed by atoms with van der Waals surface area (Å²) in [7, 11) is 3.08. The van der Waals surface area contributed by atoms with Crippen molar-refractivity contribution in [2.45, 2.75) is 13.3 Å². The molecule has 112 valence electrons. The number of nitrogens with one attached hydrogen (secondary N) is 1. The molecule has 0 aliphatic heterocycles. The topological polar surface area (TPSA) is 84.4 Å². The van der Waals surface area contributed by atoms with Gasteiger partial charge in [-0.2, -0.15) is 5.10 Å². The van der Waals surface area contributed by atoms with Crippen molar-refractivity contribution in [3.8, 4) is 22.8 Å². The number of H-pyrrole nitrogens is 1. The SMILES string of the molecule is CCc1c(OC)c(OC)cc(Cl)c1-c1cc(C(=O)O)[nH]n1. The van der Waals surface area contributed by atoms with Crippen LogP contribution in [0.1, 0.15) is 23.0 Å². The lowest BCUT2D eigenvalue weighted by molar-refractivity contribution is 0.0690. The summed E-state index contributed by atoms with van der Waals surface area (Å²) in [5.41, 5.74) is 1.90. The highest BCUT2D eigenvalue weighted by Crippen LogP contribution is 2.42. The number of aromatic nitrogens is 2. The van der Waals surface area contributed by atoms with Crippen LogP contribution in [0.2, 0.25) is 5.02 Å². The van der Waals surface area contributed by atoms with Gasteiger partial charge in [-0.1, -0.05) is 18.5 Å². The highest BCUT2D eigenvalue weighted by atomic mass is 35.5. The molecule has 1 aromatic carbocycles. The van der Waals surface area contributed by atoms with Crippen molar-refractivity contribution in [3.05, 3.63) is 28.4 Å². The van der Waals surface area contributed by atoms with E-state index in [1.807, 2.05) is 6.92 Å². The molecule has 2 rings (SSSR count). The summed E-state index contributed by atoms with van der Waals surface area (Å²) in [6.07, 6.45) is 0.630. The number of carbonyl (C=O) groups is 1. The maximum absolute atomic E-state index is 11.0. The first-order chi connectivity index (χ1) is 10.0. The smallest absolute Gasteiger partial charge is 0.353 e. The van der Waals surface area contributed by atoms with Crippen molar-refractivity contribution in [1.82, 2.24) is 10.2 Å². The molecule has 6 nitrogen and oxygen atoms in total. The summed E-state index contributed by atoms with van der Waals surface area (Å²) in [6, 6.07) is 3.07. The molecule has 0 aliphatic rings. The van der Waals surface area contributed by atoms with Crippen molar-refractivity contribution in [2.75, 3.05) is 14.2 Å². The molecule has 0 aliphatic carbocycles. The van der Waals surface area contributed by atoms with Gasteiger partial charge in [0.05, 0.1) is 24.9 Å². The molecular formula is C14H15ClN2O4. The number of hydrogen-bond acceptors (Lipinski definition) is 4. The second-order valence-electron chi connectivity index (χ2n) is 4.27. The van der Waals surface area contributed by atoms with Crippen LogP contribution in [-0.2, 0) is 6.42 Å². The molecule has 0 amide bonds. The van der Waals surface area contributed by atoms with Crippen LogP contribution >= 0.6 is 11.6 Å². The summed E-state index contributed by atoms with van der Waals surface area (Å²) in [5, 5.41) is 15.9. The molecule has 0 radical (unpaired) electrons. The average Bonchev–Trinajstić information content (AvgIpc) is 2.95. The van der Waals surface area contributed by atoms with Crippen molar-refractivity contribution < 1.29 is 19.4 Å². The minimum absolute atomic E-state index is 0.00194. The van der Waals surface area contributed by atoms with E-state index in [2.05, 4.69) is 10.2 Å². The Morgan fingerprint density at radius 1 is 1.38 bits per heavy atom. The first kappa shape index (κ1) is 15.2. The number of nitrogens with zero attached hydrogens (tertiary/aromatic N) is 1. The summed E-state index contributed by atoms with van der Waals surface area (Å²) >= 11 is 6.31. The van der Waals surface area contributed by atoms with E-state index in [0.717, 1.165) is 5.56 Å². The molecule has 0 saturated heterocycles. The third-order valence-electron chi connectivity index (χ3n) is 3.14. The van der Waals surface area contributed by atoms with Gasteiger partial charge in [-0.15, -0.1) is 0 Å². The Morgan fingerprint density at radius 2 is 2.10 bits per heavy atom. The van der Waals surface area contributed by atoms with Gasteiger partial charge in [-0.25, -0.2) is 4.79 Å². The number of ether oxygens (including phenoxy) is 2. The largest absolute Gasteiger partial charge is 0.493 e. The third-order valence-corrected chi connectivity index (χ3v) is 3.44.